The van der Waals surface area contributed by atoms with Crippen LogP contribution in [0.15, 0.2) is 24.3 Å². The average Bonchev–Trinajstić information content (AvgIpc) is 2.36. The van der Waals surface area contributed by atoms with Crippen molar-refractivity contribution >= 4 is 7.60 Å². The zero-order valence-corrected chi connectivity index (χ0v) is 12.3. The number of hydrogen-bond donors (Lipinski definition) is 0. The van der Waals surface area contributed by atoms with E-state index >= 15 is 0 Å². The summed E-state index contributed by atoms with van der Waals surface area (Å²) in [5.41, 5.74) is -0.839. The zero-order valence-electron chi connectivity index (χ0n) is 11.4. The lowest BCUT2D eigenvalue weighted by molar-refractivity contribution is -0.137. The summed E-state index contributed by atoms with van der Waals surface area (Å²) in [7, 11) is -3.40. The first-order valence-corrected chi connectivity index (χ1v) is 8.14. The second-order valence-electron chi connectivity index (χ2n) is 4.22. The third-order valence-corrected chi connectivity index (χ3v) is 4.52. The fourth-order valence-electron chi connectivity index (χ4n) is 1.57. The summed E-state index contributed by atoms with van der Waals surface area (Å²) in [6.07, 6.45) is -2.86. The van der Waals surface area contributed by atoms with Crippen LogP contribution >= 0.6 is 7.60 Å². The summed E-state index contributed by atoms with van der Waals surface area (Å²) in [5.74, 6) is -0.0901. The fourth-order valence-corrected chi connectivity index (χ4v) is 3.38. The maximum absolute atomic E-state index is 12.6. The summed E-state index contributed by atoms with van der Waals surface area (Å²) in [5, 5.41) is 0. The van der Waals surface area contributed by atoms with Gasteiger partial charge in [0.2, 0.25) is 0 Å². The molecule has 1 rings (SSSR count). The highest BCUT2D eigenvalue weighted by molar-refractivity contribution is 7.54. The minimum absolute atomic E-state index is 0.0901. The van der Waals surface area contributed by atoms with E-state index < -0.39 is 19.3 Å². The molecule has 0 bridgehead atoms. The lowest BCUT2D eigenvalue weighted by Gasteiger charge is -2.19. The second-order valence-corrected chi connectivity index (χ2v) is 6.33. The predicted molar refractivity (Wildman–Crippen MR) is 71.1 cm³/mol. The molecule has 0 spiro atoms. The maximum atomic E-state index is 12.6. The van der Waals surface area contributed by atoms with Gasteiger partial charge in [-0.3, -0.25) is 0 Å². The van der Waals surface area contributed by atoms with Gasteiger partial charge in [0, 0.05) is 0 Å². The number of hydrogen-bond acceptors (Lipinski definition) is 3. The van der Waals surface area contributed by atoms with Crippen molar-refractivity contribution < 1.29 is 26.8 Å². The van der Waals surface area contributed by atoms with E-state index in [0.29, 0.717) is 6.42 Å². The van der Waals surface area contributed by atoms with Crippen LogP contribution in [0, 0.1) is 0 Å². The normalized spacial score (nSPS) is 14.8. The van der Waals surface area contributed by atoms with Gasteiger partial charge in [0.15, 0.2) is 0 Å². The highest BCUT2D eigenvalue weighted by atomic mass is 31.2. The third-order valence-electron chi connectivity index (χ3n) is 2.52. The molecule has 1 aromatic rings. The van der Waals surface area contributed by atoms with Crippen LogP contribution in [0.1, 0.15) is 32.3 Å². The molecule has 7 heteroatoms. The number of unbranched alkanes of at least 4 members (excludes halogenated alkanes) is 1. The van der Waals surface area contributed by atoms with E-state index in [1.54, 1.807) is 6.92 Å². The van der Waals surface area contributed by atoms with Crippen LogP contribution in [0.4, 0.5) is 13.2 Å². The standard InChI is InChI=1S/C13H18F3O3P/c1-3-5-9-20(17,18-4-2)19-12-8-6-7-11(10-12)13(14,15)16/h6-8,10H,3-5,9H2,1-2H3. The van der Waals surface area contributed by atoms with Gasteiger partial charge in [-0.1, -0.05) is 19.4 Å². The topological polar surface area (TPSA) is 35.5 Å². The Morgan fingerprint density at radius 3 is 2.50 bits per heavy atom. The van der Waals surface area contributed by atoms with E-state index in [1.807, 2.05) is 6.92 Å². The molecule has 0 aliphatic rings. The number of rotatable bonds is 7. The van der Waals surface area contributed by atoms with Gasteiger partial charge in [-0.25, -0.2) is 4.57 Å². The van der Waals surface area contributed by atoms with Crippen LogP contribution in [-0.2, 0) is 15.3 Å². The second kappa shape index (κ2) is 7.14. The summed E-state index contributed by atoms with van der Waals surface area (Å²) < 4.78 is 60.5. The SMILES string of the molecule is CCCCP(=O)(OCC)Oc1cccc(C(F)(F)F)c1. The average molecular weight is 310 g/mol. The van der Waals surface area contributed by atoms with Crippen molar-refractivity contribution in [2.24, 2.45) is 0 Å². The first kappa shape index (κ1) is 17.1. The Labute approximate surface area is 116 Å². The smallest absolute Gasteiger partial charge is 0.416 e. The minimum atomic E-state index is -4.46. The van der Waals surface area contributed by atoms with E-state index in [1.165, 1.54) is 12.1 Å². The van der Waals surface area contributed by atoms with Crippen molar-refractivity contribution in [3.8, 4) is 5.75 Å². The fraction of sp³-hybridized carbons (Fsp3) is 0.538. The van der Waals surface area contributed by atoms with E-state index in [4.69, 9.17) is 9.05 Å². The molecule has 0 fully saturated rings. The first-order valence-electron chi connectivity index (χ1n) is 6.41. The Hall–Kier alpha value is -1.00. The Bertz CT molecular complexity index is 474. The lowest BCUT2D eigenvalue weighted by atomic mass is 10.2. The van der Waals surface area contributed by atoms with Gasteiger partial charge >= 0.3 is 13.8 Å². The molecule has 1 aromatic carbocycles. The molecule has 0 N–H and O–H groups in total. The summed E-state index contributed by atoms with van der Waals surface area (Å²) >= 11 is 0. The van der Waals surface area contributed by atoms with Gasteiger partial charge in [-0.2, -0.15) is 13.2 Å². The molecule has 0 aliphatic carbocycles. The van der Waals surface area contributed by atoms with Crippen LogP contribution < -0.4 is 4.52 Å². The van der Waals surface area contributed by atoms with E-state index in [-0.39, 0.29) is 18.5 Å². The largest absolute Gasteiger partial charge is 0.424 e. The lowest BCUT2D eigenvalue weighted by Crippen LogP contribution is -2.06. The molecule has 3 nitrogen and oxygen atoms in total. The molecule has 0 radical (unpaired) electrons. The van der Waals surface area contributed by atoms with E-state index in [0.717, 1.165) is 18.6 Å². The molecule has 0 aromatic heterocycles. The molecule has 1 unspecified atom stereocenters. The van der Waals surface area contributed by atoms with Crippen LogP contribution in [0.3, 0.4) is 0 Å². The highest BCUT2D eigenvalue weighted by Gasteiger charge is 2.32. The molecule has 0 amide bonds. The van der Waals surface area contributed by atoms with Crippen molar-refractivity contribution in [3.63, 3.8) is 0 Å². The van der Waals surface area contributed by atoms with Gasteiger partial charge in [-0.05, 0) is 31.5 Å². The predicted octanol–water partition coefficient (Wildman–Crippen LogP) is 5.11. The van der Waals surface area contributed by atoms with Gasteiger partial charge in [0.1, 0.15) is 5.75 Å². The monoisotopic (exact) mass is 310 g/mol. The molecule has 114 valence electrons. The zero-order chi connectivity index (χ0) is 15.2. The van der Waals surface area contributed by atoms with Crippen molar-refractivity contribution in [1.29, 1.82) is 0 Å². The molecule has 0 saturated carbocycles. The Balaban J connectivity index is 2.91. The number of benzene rings is 1. The van der Waals surface area contributed by atoms with E-state index in [2.05, 4.69) is 0 Å². The minimum Gasteiger partial charge on any atom is -0.424 e. The molecular formula is C13H18F3O3P. The quantitative estimate of drug-likeness (QED) is 0.656. The van der Waals surface area contributed by atoms with Crippen LogP contribution in [-0.4, -0.2) is 12.8 Å². The maximum Gasteiger partial charge on any atom is 0.416 e. The van der Waals surface area contributed by atoms with Crippen LogP contribution in [0.5, 0.6) is 5.75 Å². The Morgan fingerprint density at radius 1 is 1.25 bits per heavy atom. The Kier molecular flexibility index (Phi) is 6.08. The van der Waals surface area contributed by atoms with Gasteiger partial charge < -0.3 is 9.05 Å². The molecule has 20 heavy (non-hydrogen) atoms. The van der Waals surface area contributed by atoms with Crippen molar-refractivity contribution in [2.45, 2.75) is 32.9 Å². The molecule has 0 heterocycles. The Morgan fingerprint density at radius 2 is 1.95 bits per heavy atom. The van der Waals surface area contributed by atoms with Gasteiger partial charge in [-0.15, -0.1) is 0 Å². The van der Waals surface area contributed by atoms with Crippen molar-refractivity contribution in [3.05, 3.63) is 29.8 Å². The van der Waals surface area contributed by atoms with Crippen LogP contribution in [0.2, 0.25) is 0 Å². The summed E-state index contributed by atoms with van der Waals surface area (Å²) in [4.78, 5) is 0. The van der Waals surface area contributed by atoms with Crippen molar-refractivity contribution in [1.82, 2.24) is 0 Å². The van der Waals surface area contributed by atoms with Gasteiger partial charge in [0.05, 0.1) is 18.3 Å². The first-order chi connectivity index (χ1) is 9.30. The highest BCUT2D eigenvalue weighted by Crippen LogP contribution is 2.49. The third kappa shape index (κ3) is 5.17. The molecule has 0 saturated heterocycles. The molecule has 0 aliphatic heterocycles. The summed E-state index contributed by atoms with van der Waals surface area (Å²) in [6.45, 7) is 3.76. The number of alkyl halides is 3. The van der Waals surface area contributed by atoms with E-state index in [9.17, 15) is 17.7 Å². The van der Waals surface area contributed by atoms with Crippen LogP contribution in [0.25, 0.3) is 0 Å². The molecule has 1 atom stereocenters. The number of halogens is 3. The molecular weight excluding hydrogens is 292 g/mol. The van der Waals surface area contributed by atoms with Gasteiger partial charge in [0.25, 0.3) is 0 Å². The van der Waals surface area contributed by atoms with Crippen molar-refractivity contribution in [2.75, 3.05) is 12.8 Å². The summed E-state index contributed by atoms with van der Waals surface area (Å²) in [6, 6.07) is 4.32.